The number of hydrogen-bond donors (Lipinski definition) is 0. The van der Waals surface area contributed by atoms with Crippen LogP contribution in [-0.4, -0.2) is 46.8 Å². The summed E-state index contributed by atoms with van der Waals surface area (Å²) in [5.41, 5.74) is 3.71. The molecule has 3 aromatic rings. The second-order valence-corrected chi connectivity index (χ2v) is 8.22. The number of piperazine rings is 1. The van der Waals surface area contributed by atoms with E-state index in [0.29, 0.717) is 12.0 Å². The van der Waals surface area contributed by atoms with Crippen molar-refractivity contribution in [3.05, 3.63) is 77.0 Å². The molecule has 6 nitrogen and oxygen atoms in total. The second kappa shape index (κ2) is 8.03. The van der Waals surface area contributed by atoms with Crippen molar-refractivity contribution in [2.24, 2.45) is 0 Å². The molecule has 2 aliphatic rings. The minimum absolute atomic E-state index is 0.0601. The number of anilines is 1. The van der Waals surface area contributed by atoms with Gasteiger partial charge in [-0.15, -0.1) is 0 Å². The smallest absolute Gasteiger partial charge is 0.225 e. The molecular formula is C24H26N4O2. The summed E-state index contributed by atoms with van der Waals surface area (Å²) >= 11 is 0. The number of nitrogens with zero attached hydrogens (tertiary/aromatic N) is 4. The summed E-state index contributed by atoms with van der Waals surface area (Å²) in [5.74, 6) is 1.79. The van der Waals surface area contributed by atoms with Gasteiger partial charge in [0, 0.05) is 51.5 Å². The van der Waals surface area contributed by atoms with Crippen molar-refractivity contribution in [1.29, 1.82) is 0 Å². The first-order chi connectivity index (χ1) is 14.7. The first-order valence-corrected chi connectivity index (χ1v) is 10.6. The molecule has 0 saturated carbocycles. The van der Waals surface area contributed by atoms with Gasteiger partial charge in [-0.05, 0) is 24.6 Å². The van der Waals surface area contributed by atoms with Gasteiger partial charge in [-0.3, -0.25) is 9.69 Å². The Morgan fingerprint density at radius 1 is 1.00 bits per heavy atom. The molecule has 1 saturated heterocycles. The highest BCUT2D eigenvalue weighted by Gasteiger charge is 2.32. The molecule has 0 unspecified atom stereocenters. The number of aromatic nitrogens is 2. The summed E-state index contributed by atoms with van der Waals surface area (Å²) < 4.78 is 5.56. The standard InChI is InChI=1S/C24H26N4O2/c1-17-23-20(14-19(15-21(23)29)22-8-5-13-30-22)26-24(25-17)28-11-9-27(10-12-28)16-18-6-3-2-4-7-18/h2-8,13,19H,9-12,14-16H2,1H3/t19-/m0/s1. The Kier molecular flexibility index (Phi) is 5.09. The summed E-state index contributed by atoms with van der Waals surface area (Å²) in [6, 6.07) is 14.4. The maximum absolute atomic E-state index is 12.8. The van der Waals surface area contributed by atoms with Crippen LogP contribution in [0, 0.1) is 6.92 Å². The Morgan fingerprint density at radius 3 is 2.53 bits per heavy atom. The molecule has 1 fully saturated rings. The third-order valence-corrected chi connectivity index (χ3v) is 6.15. The largest absolute Gasteiger partial charge is 0.469 e. The van der Waals surface area contributed by atoms with Crippen LogP contribution in [0.3, 0.4) is 0 Å². The highest BCUT2D eigenvalue weighted by atomic mass is 16.3. The number of rotatable bonds is 4. The fourth-order valence-corrected chi connectivity index (χ4v) is 4.57. The van der Waals surface area contributed by atoms with Crippen molar-refractivity contribution in [1.82, 2.24) is 14.9 Å². The summed E-state index contributed by atoms with van der Waals surface area (Å²) in [6.45, 7) is 6.63. The van der Waals surface area contributed by atoms with Gasteiger partial charge in [-0.25, -0.2) is 9.97 Å². The number of carbonyl (C=O) groups is 1. The van der Waals surface area contributed by atoms with E-state index in [1.54, 1.807) is 6.26 Å². The van der Waals surface area contributed by atoms with E-state index in [0.717, 1.165) is 62.2 Å². The molecule has 1 atom stereocenters. The highest BCUT2D eigenvalue weighted by Crippen LogP contribution is 2.34. The van der Waals surface area contributed by atoms with Crippen molar-refractivity contribution in [3.63, 3.8) is 0 Å². The lowest BCUT2D eigenvalue weighted by Crippen LogP contribution is -2.46. The number of fused-ring (bicyclic) bond motifs is 1. The van der Waals surface area contributed by atoms with Crippen molar-refractivity contribution >= 4 is 11.7 Å². The number of benzene rings is 1. The summed E-state index contributed by atoms with van der Waals surface area (Å²) in [7, 11) is 0. The molecular weight excluding hydrogens is 376 g/mol. The summed E-state index contributed by atoms with van der Waals surface area (Å²) in [4.78, 5) is 27.0. The van der Waals surface area contributed by atoms with Gasteiger partial charge in [0.2, 0.25) is 5.95 Å². The van der Waals surface area contributed by atoms with E-state index < -0.39 is 0 Å². The Labute approximate surface area is 176 Å². The summed E-state index contributed by atoms with van der Waals surface area (Å²) in [5, 5.41) is 0. The Hall–Kier alpha value is -2.99. The molecule has 0 N–H and O–H groups in total. The lowest BCUT2D eigenvalue weighted by molar-refractivity contribution is 0.0957. The molecule has 1 aliphatic carbocycles. The first kappa shape index (κ1) is 19.0. The van der Waals surface area contributed by atoms with Gasteiger partial charge in [-0.2, -0.15) is 0 Å². The molecule has 0 spiro atoms. The van der Waals surface area contributed by atoms with Crippen molar-refractivity contribution in [2.75, 3.05) is 31.1 Å². The van der Waals surface area contributed by atoms with Crippen LogP contribution in [0.1, 0.15) is 45.4 Å². The third-order valence-electron chi connectivity index (χ3n) is 6.15. The second-order valence-electron chi connectivity index (χ2n) is 8.22. The zero-order chi connectivity index (χ0) is 20.5. The Morgan fingerprint density at radius 2 is 1.80 bits per heavy atom. The molecule has 0 bridgehead atoms. The van der Waals surface area contributed by atoms with E-state index in [1.165, 1.54) is 5.56 Å². The minimum atomic E-state index is 0.0601. The Balaban J connectivity index is 1.31. The molecule has 2 aromatic heterocycles. The van der Waals surface area contributed by atoms with Crippen molar-refractivity contribution in [3.8, 4) is 0 Å². The van der Waals surface area contributed by atoms with Crippen LogP contribution in [0.4, 0.5) is 5.95 Å². The number of hydrogen-bond acceptors (Lipinski definition) is 6. The topological polar surface area (TPSA) is 62.5 Å². The van der Waals surface area contributed by atoms with Gasteiger partial charge in [0.25, 0.3) is 0 Å². The van der Waals surface area contributed by atoms with Crippen LogP contribution in [0.25, 0.3) is 0 Å². The van der Waals surface area contributed by atoms with Gasteiger partial charge in [0.15, 0.2) is 5.78 Å². The van der Waals surface area contributed by atoms with E-state index >= 15 is 0 Å². The SMILES string of the molecule is Cc1nc(N2CCN(Cc3ccccc3)CC2)nc2c1C(=O)C[C@@H](c1ccco1)C2. The number of carbonyl (C=O) groups excluding carboxylic acids is 1. The monoisotopic (exact) mass is 402 g/mol. The van der Waals surface area contributed by atoms with Crippen LogP contribution in [0.15, 0.2) is 53.1 Å². The van der Waals surface area contributed by atoms with Crippen molar-refractivity contribution in [2.45, 2.75) is 32.2 Å². The van der Waals surface area contributed by atoms with Gasteiger partial charge < -0.3 is 9.32 Å². The Bertz CT molecular complexity index is 1020. The molecule has 0 amide bonds. The molecule has 1 aliphatic heterocycles. The minimum Gasteiger partial charge on any atom is -0.469 e. The van der Waals surface area contributed by atoms with Crippen LogP contribution >= 0.6 is 0 Å². The predicted octanol–water partition coefficient (Wildman–Crippen LogP) is 3.61. The number of Topliss-reactive ketones (excluding diaryl/α,β-unsaturated/α-hetero) is 1. The quantitative estimate of drug-likeness (QED) is 0.664. The molecule has 154 valence electrons. The van der Waals surface area contributed by atoms with Crippen LogP contribution < -0.4 is 4.90 Å². The normalized spacial score (nSPS) is 19.7. The third kappa shape index (κ3) is 3.75. The predicted molar refractivity (Wildman–Crippen MR) is 115 cm³/mol. The van der Waals surface area contributed by atoms with Gasteiger partial charge in [0.05, 0.1) is 23.2 Å². The average molecular weight is 402 g/mol. The van der Waals surface area contributed by atoms with Gasteiger partial charge in [0.1, 0.15) is 5.76 Å². The van der Waals surface area contributed by atoms with E-state index in [1.807, 2.05) is 19.1 Å². The van der Waals surface area contributed by atoms with E-state index in [4.69, 9.17) is 14.4 Å². The van der Waals surface area contributed by atoms with Crippen LogP contribution in [0.2, 0.25) is 0 Å². The molecule has 5 rings (SSSR count). The van der Waals surface area contributed by atoms with Gasteiger partial charge >= 0.3 is 0 Å². The molecule has 0 radical (unpaired) electrons. The average Bonchev–Trinajstić information content (AvgIpc) is 3.29. The fraction of sp³-hybridized carbons (Fsp3) is 0.375. The van der Waals surface area contributed by atoms with E-state index in [2.05, 4.69) is 40.1 Å². The molecule has 6 heteroatoms. The molecule has 30 heavy (non-hydrogen) atoms. The highest BCUT2D eigenvalue weighted by molar-refractivity contribution is 5.99. The summed E-state index contributed by atoms with van der Waals surface area (Å²) in [6.07, 6.45) is 2.85. The van der Waals surface area contributed by atoms with Crippen LogP contribution in [0.5, 0.6) is 0 Å². The molecule has 1 aromatic carbocycles. The van der Waals surface area contributed by atoms with E-state index in [-0.39, 0.29) is 11.7 Å². The zero-order valence-corrected chi connectivity index (χ0v) is 17.3. The van der Waals surface area contributed by atoms with Crippen molar-refractivity contribution < 1.29 is 9.21 Å². The van der Waals surface area contributed by atoms with Gasteiger partial charge in [-0.1, -0.05) is 30.3 Å². The zero-order valence-electron chi connectivity index (χ0n) is 17.3. The maximum atomic E-state index is 12.8. The number of ketones is 1. The number of furan rings is 1. The lowest BCUT2D eigenvalue weighted by atomic mass is 9.84. The van der Waals surface area contributed by atoms with Crippen LogP contribution in [-0.2, 0) is 13.0 Å². The van der Waals surface area contributed by atoms with E-state index in [9.17, 15) is 4.79 Å². The molecule has 3 heterocycles. The first-order valence-electron chi connectivity index (χ1n) is 10.6. The maximum Gasteiger partial charge on any atom is 0.225 e. The fourth-order valence-electron chi connectivity index (χ4n) is 4.57. The number of aryl methyl sites for hydroxylation is 1. The lowest BCUT2D eigenvalue weighted by Gasteiger charge is -2.35.